The second-order valence-corrected chi connectivity index (χ2v) is 5.41. The van der Waals surface area contributed by atoms with Crippen LogP contribution < -0.4 is 4.74 Å². The third-order valence-corrected chi connectivity index (χ3v) is 3.27. The molecule has 0 fully saturated rings. The maximum atomic E-state index is 6.38. The van der Waals surface area contributed by atoms with Crippen LogP contribution in [0.2, 0.25) is 5.02 Å². The Labute approximate surface area is 113 Å². The second-order valence-electron chi connectivity index (χ2n) is 5.00. The van der Waals surface area contributed by atoms with Gasteiger partial charge in [0.05, 0.1) is 12.1 Å². The summed E-state index contributed by atoms with van der Waals surface area (Å²) < 4.78 is 5.38. The Morgan fingerprint density at radius 1 is 1.33 bits per heavy atom. The van der Waals surface area contributed by atoms with Gasteiger partial charge >= 0.3 is 0 Å². The highest BCUT2D eigenvalue weighted by Crippen LogP contribution is 2.32. The summed E-state index contributed by atoms with van der Waals surface area (Å²) in [5.41, 5.74) is 3.01. The molecule has 0 aliphatic carbocycles. The van der Waals surface area contributed by atoms with Crippen molar-refractivity contribution in [3.63, 3.8) is 0 Å². The Hall–Kier alpha value is -1.28. The number of halogens is 1. The summed E-state index contributed by atoms with van der Waals surface area (Å²) in [4.78, 5) is 4.70. The van der Waals surface area contributed by atoms with E-state index in [4.69, 9.17) is 21.3 Å². The summed E-state index contributed by atoms with van der Waals surface area (Å²) in [6.45, 7) is 6.39. The van der Waals surface area contributed by atoms with E-state index in [0.29, 0.717) is 5.92 Å². The van der Waals surface area contributed by atoms with Crippen LogP contribution in [0.1, 0.15) is 25.1 Å². The molecule has 2 rings (SSSR count). The number of aromatic nitrogens is 1. The number of fused-ring (bicyclic) bond motifs is 1. The van der Waals surface area contributed by atoms with Gasteiger partial charge in [-0.3, -0.25) is 0 Å². The zero-order chi connectivity index (χ0) is 13.3. The molecule has 0 unspecified atom stereocenters. The van der Waals surface area contributed by atoms with Crippen LogP contribution in [-0.2, 0) is 6.42 Å². The largest absolute Gasteiger partial charge is 0.494 e. The van der Waals surface area contributed by atoms with Crippen LogP contribution in [0.25, 0.3) is 10.9 Å². The molecule has 0 aliphatic rings. The molecule has 0 saturated carbocycles. The van der Waals surface area contributed by atoms with Crippen LogP contribution in [0.15, 0.2) is 18.2 Å². The normalized spacial score (nSPS) is 11.2. The van der Waals surface area contributed by atoms with Gasteiger partial charge in [-0.1, -0.05) is 31.5 Å². The molecule has 0 N–H and O–H groups in total. The van der Waals surface area contributed by atoms with Gasteiger partial charge in [-0.05, 0) is 37.0 Å². The van der Waals surface area contributed by atoms with Crippen LogP contribution in [0.3, 0.4) is 0 Å². The molecule has 2 aromatic rings. The molecule has 0 amide bonds. The lowest BCUT2D eigenvalue weighted by atomic mass is 10.0. The Bertz CT molecular complexity index is 578. The van der Waals surface area contributed by atoms with E-state index in [1.54, 1.807) is 7.11 Å². The zero-order valence-electron chi connectivity index (χ0n) is 11.2. The maximum absolute atomic E-state index is 6.38. The van der Waals surface area contributed by atoms with Crippen LogP contribution in [0.4, 0.5) is 0 Å². The third kappa shape index (κ3) is 2.44. The van der Waals surface area contributed by atoms with Crippen LogP contribution in [-0.4, -0.2) is 12.1 Å². The van der Waals surface area contributed by atoms with E-state index in [-0.39, 0.29) is 0 Å². The predicted molar refractivity (Wildman–Crippen MR) is 76.6 cm³/mol. The van der Waals surface area contributed by atoms with Gasteiger partial charge < -0.3 is 4.74 Å². The molecule has 0 spiro atoms. The Morgan fingerprint density at radius 3 is 2.67 bits per heavy atom. The second kappa shape index (κ2) is 5.15. The van der Waals surface area contributed by atoms with Crippen molar-refractivity contribution in [2.45, 2.75) is 27.2 Å². The molecule has 2 nitrogen and oxygen atoms in total. The van der Waals surface area contributed by atoms with Gasteiger partial charge in [0.2, 0.25) is 0 Å². The molecule has 0 bridgehead atoms. The number of hydrogen-bond acceptors (Lipinski definition) is 2. The van der Waals surface area contributed by atoms with Crippen molar-refractivity contribution in [2.75, 3.05) is 7.11 Å². The number of aryl methyl sites for hydroxylation is 1. The molecule has 3 heteroatoms. The third-order valence-electron chi connectivity index (χ3n) is 2.97. The minimum atomic E-state index is 0.557. The number of ether oxygens (including phenoxy) is 1. The number of benzene rings is 1. The number of rotatable bonds is 3. The van der Waals surface area contributed by atoms with Crippen molar-refractivity contribution in [1.82, 2.24) is 4.98 Å². The highest BCUT2D eigenvalue weighted by Gasteiger charge is 2.12. The number of methoxy groups -OCH3 is 1. The Morgan fingerprint density at radius 2 is 2.06 bits per heavy atom. The van der Waals surface area contributed by atoms with Crippen LogP contribution in [0.5, 0.6) is 5.75 Å². The summed E-state index contributed by atoms with van der Waals surface area (Å²) >= 11 is 6.38. The van der Waals surface area contributed by atoms with E-state index in [0.717, 1.165) is 39.4 Å². The highest BCUT2D eigenvalue weighted by molar-refractivity contribution is 6.35. The quantitative estimate of drug-likeness (QED) is 0.819. The van der Waals surface area contributed by atoms with Crippen molar-refractivity contribution in [1.29, 1.82) is 0 Å². The molecule has 1 aromatic heterocycles. The fraction of sp³-hybridized carbons (Fsp3) is 0.400. The Kier molecular flexibility index (Phi) is 3.76. The van der Waals surface area contributed by atoms with Gasteiger partial charge in [0.25, 0.3) is 0 Å². The van der Waals surface area contributed by atoms with Gasteiger partial charge in [-0.15, -0.1) is 0 Å². The van der Waals surface area contributed by atoms with E-state index in [9.17, 15) is 0 Å². The monoisotopic (exact) mass is 263 g/mol. The smallest absolute Gasteiger partial charge is 0.145 e. The van der Waals surface area contributed by atoms with Crippen molar-refractivity contribution in [2.24, 2.45) is 5.92 Å². The van der Waals surface area contributed by atoms with E-state index < -0.39 is 0 Å². The standard InChI is InChI=1S/C15H18ClNO/c1-9(2)7-11-8-12(16)14-10(3)5-6-13(18-4)15(14)17-11/h5-6,8-9H,7H2,1-4H3. The Balaban J connectivity index is 2.69. The minimum Gasteiger partial charge on any atom is -0.494 e. The first-order valence-corrected chi connectivity index (χ1v) is 6.53. The number of pyridine rings is 1. The summed E-state index contributed by atoms with van der Waals surface area (Å²) in [6.07, 6.45) is 0.923. The molecular formula is C15H18ClNO. The summed E-state index contributed by atoms with van der Waals surface area (Å²) in [5, 5.41) is 1.75. The molecular weight excluding hydrogens is 246 g/mol. The van der Waals surface area contributed by atoms with Crippen molar-refractivity contribution >= 4 is 22.5 Å². The molecule has 0 saturated heterocycles. The lowest BCUT2D eigenvalue weighted by molar-refractivity contribution is 0.418. The molecule has 18 heavy (non-hydrogen) atoms. The van der Waals surface area contributed by atoms with Crippen molar-refractivity contribution in [3.05, 3.63) is 34.5 Å². The average molecular weight is 264 g/mol. The fourth-order valence-electron chi connectivity index (χ4n) is 2.17. The number of nitrogens with zero attached hydrogens (tertiary/aromatic N) is 1. The average Bonchev–Trinajstić information content (AvgIpc) is 2.28. The summed E-state index contributed by atoms with van der Waals surface area (Å²) in [5.74, 6) is 1.34. The summed E-state index contributed by atoms with van der Waals surface area (Å²) in [6, 6.07) is 5.92. The first-order valence-electron chi connectivity index (χ1n) is 6.15. The molecule has 0 atom stereocenters. The molecule has 0 radical (unpaired) electrons. The zero-order valence-corrected chi connectivity index (χ0v) is 12.0. The first kappa shape index (κ1) is 13.2. The van der Waals surface area contributed by atoms with E-state index >= 15 is 0 Å². The molecule has 0 aliphatic heterocycles. The molecule has 96 valence electrons. The lowest BCUT2D eigenvalue weighted by Crippen LogP contribution is -1.99. The number of hydrogen-bond donors (Lipinski definition) is 0. The van der Waals surface area contributed by atoms with Gasteiger partial charge in [0.1, 0.15) is 11.3 Å². The highest BCUT2D eigenvalue weighted by atomic mass is 35.5. The van der Waals surface area contributed by atoms with Crippen LogP contribution >= 0.6 is 11.6 Å². The van der Waals surface area contributed by atoms with Crippen molar-refractivity contribution in [3.8, 4) is 5.75 Å². The maximum Gasteiger partial charge on any atom is 0.145 e. The van der Waals surface area contributed by atoms with E-state index in [1.165, 1.54) is 0 Å². The predicted octanol–water partition coefficient (Wildman–Crippen LogP) is 4.40. The lowest BCUT2D eigenvalue weighted by Gasteiger charge is -2.12. The summed E-state index contributed by atoms with van der Waals surface area (Å²) in [7, 11) is 1.66. The topological polar surface area (TPSA) is 22.1 Å². The first-order chi connectivity index (χ1) is 8.52. The minimum absolute atomic E-state index is 0.557. The van der Waals surface area contributed by atoms with Gasteiger partial charge in [-0.25, -0.2) is 4.98 Å². The van der Waals surface area contributed by atoms with Crippen molar-refractivity contribution < 1.29 is 4.74 Å². The van der Waals surface area contributed by atoms with Crippen LogP contribution in [0, 0.1) is 12.8 Å². The fourth-order valence-corrected chi connectivity index (χ4v) is 2.53. The SMILES string of the molecule is COc1ccc(C)c2c(Cl)cc(CC(C)C)nc12. The van der Waals surface area contributed by atoms with E-state index in [1.807, 2.05) is 25.1 Å². The van der Waals surface area contributed by atoms with E-state index in [2.05, 4.69) is 13.8 Å². The van der Waals surface area contributed by atoms with Gasteiger partial charge in [0.15, 0.2) is 0 Å². The molecule has 1 aromatic carbocycles. The molecule has 1 heterocycles. The van der Waals surface area contributed by atoms with Gasteiger partial charge in [-0.2, -0.15) is 0 Å². The van der Waals surface area contributed by atoms with Gasteiger partial charge in [0, 0.05) is 11.1 Å².